The predicted molar refractivity (Wildman–Crippen MR) is 89.2 cm³/mol. The molecule has 0 saturated heterocycles. The van der Waals surface area contributed by atoms with Gasteiger partial charge in [-0.05, 0) is 64.6 Å². The Morgan fingerprint density at radius 2 is 1.95 bits per heavy atom. The van der Waals surface area contributed by atoms with Gasteiger partial charge < -0.3 is 5.73 Å². The van der Waals surface area contributed by atoms with Crippen LogP contribution in [-0.4, -0.2) is 24.0 Å². The second kappa shape index (κ2) is 7.06. The summed E-state index contributed by atoms with van der Waals surface area (Å²) in [5.41, 5.74) is 6.30. The number of hydrogen-bond donors (Lipinski definition) is 1. The van der Waals surface area contributed by atoms with Crippen molar-refractivity contribution < 1.29 is 0 Å². The third-order valence-corrected chi connectivity index (χ3v) is 6.03. The summed E-state index contributed by atoms with van der Waals surface area (Å²) >= 11 is 1.90. The van der Waals surface area contributed by atoms with E-state index >= 15 is 0 Å². The molecule has 0 aliphatic heterocycles. The molecule has 0 bridgehead atoms. The van der Waals surface area contributed by atoms with Crippen LogP contribution in [0, 0.1) is 12.8 Å². The molecule has 20 heavy (non-hydrogen) atoms. The van der Waals surface area contributed by atoms with Crippen LogP contribution in [0.1, 0.15) is 61.7 Å². The van der Waals surface area contributed by atoms with Gasteiger partial charge in [0, 0.05) is 21.8 Å². The van der Waals surface area contributed by atoms with Crippen molar-refractivity contribution in [3.05, 3.63) is 21.9 Å². The Hall–Kier alpha value is -0.380. The Morgan fingerprint density at radius 3 is 2.40 bits per heavy atom. The SMILES string of the molecule is CCC1CCC(N(C)C(c2ccc(C)s2)C(C)N)CC1. The zero-order chi connectivity index (χ0) is 14.7. The first kappa shape index (κ1) is 16.0. The molecular weight excluding hydrogens is 264 g/mol. The van der Waals surface area contributed by atoms with Gasteiger partial charge in [0.05, 0.1) is 6.04 Å². The zero-order valence-electron chi connectivity index (χ0n) is 13.4. The van der Waals surface area contributed by atoms with Crippen LogP contribution >= 0.6 is 11.3 Å². The lowest BCUT2D eigenvalue weighted by Crippen LogP contribution is -2.44. The van der Waals surface area contributed by atoms with E-state index in [2.05, 4.69) is 44.9 Å². The highest BCUT2D eigenvalue weighted by atomic mass is 32.1. The summed E-state index contributed by atoms with van der Waals surface area (Å²) in [6, 6.07) is 5.74. The molecule has 2 atom stereocenters. The van der Waals surface area contributed by atoms with E-state index in [-0.39, 0.29) is 6.04 Å². The van der Waals surface area contributed by atoms with Gasteiger partial charge in [-0.3, -0.25) is 4.90 Å². The van der Waals surface area contributed by atoms with Crippen LogP contribution in [0.3, 0.4) is 0 Å². The fourth-order valence-corrected chi connectivity index (χ4v) is 4.78. The third-order valence-electron chi connectivity index (χ3n) is 4.96. The zero-order valence-corrected chi connectivity index (χ0v) is 14.2. The molecule has 1 aromatic rings. The molecule has 1 fully saturated rings. The Labute approximate surface area is 128 Å². The summed E-state index contributed by atoms with van der Waals surface area (Å²) in [6.45, 7) is 6.65. The standard InChI is InChI=1S/C17H30N2S/c1-5-14-7-9-15(10-8-14)19(4)17(13(3)18)16-11-6-12(2)20-16/h6,11,13-15,17H,5,7-10,18H2,1-4H3. The average Bonchev–Trinajstić information content (AvgIpc) is 2.85. The maximum atomic E-state index is 6.30. The molecule has 0 spiro atoms. The summed E-state index contributed by atoms with van der Waals surface area (Å²) in [6.07, 6.45) is 6.80. The Kier molecular flexibility index (Phi) is 5.65. The van der Waals surface area contributed by atoms with Gasteiger partial charge in [0.15, 0.2) is 0 Å². The maximum absolute atomic E-state index is 6.30. The van der Waals surface area contributed by atoms with Gasteiger partial charge in [-0.2, -0.15) is 0 Å². The van der Waals surface area contributed by atoms with Crippen LogP contribution in [0.4, 0.5) is 0 Å². The van der Waals surface area contributed by atoms with Crippen molar-refractivity contribution in [1.29, 1.82) is 0 Å². The topological polar surface area (TPSA) is 29.3 Å². The minimum absolute atomic E-state index is 0.182. The van der Waals surface area contributed by atoms with Crippen LogP contribution in [0.2, 0.25) is 0 Å². The number of thiophene rings is 1. The van der Waals surface area contributed by atoms with Crippen LogP contribution in [-0.2, 0) is 0 Å². The fraction of sp³-hybridized carbons (Fsp3) is 0.765. The Morgan fingerprint density at radius 1 is 1.30 bits per heavy atom. The lowest BCUT2D eigenvalue weighted by Gasteiger charge is -2.40. The van der Waals surface area contributed by atoms with Gasteiger partial charge >= 0.3 is 0 Å². The van der Waals surface area contributed by atoms with Crippen LogP contribution in [0.5, 0.6) is 0 Å². The number of rotatable bonds is 5. The monoisotopic (exact) mass is 294 g/mol. The first-order valence-electron chi connectivity index (χ1n) is 8.06. The molecule has 3 heteroatoms. The van der Waals surface area contributed by atoms with E-state index in [1.54, 1.807) is 0 Å². The van der Waals surface area contributed by atoms with Gasteiger partial charge in [-0.15, -0.1) is 11.3 Å². The molecule has 2 N–H and O–H groups in total. The minimum atomic E-state index is 0.182. The highest BCUT2D eigenvalue weighted by Crippen LogP contribution is 2.35. The fourth-order valence-electron chi connectivity index (χ4n) is 3.63. The smallest absolute Gasteiger partial charge is 0.0590 e. The van der Waals surface area contributed by atoms with Crippen LogP contribution < -0.4 is 5.73 Å². The van der Waals surface area contributed by atoms with Gasteiger partial charge in [-0.25, -0.2) is 0 Å². The maximum Gasteiger partial charge on any atom is 0.0590 e. The largest absolute Gasteiger partial charge is 0.326 e. The summed E-state index contributed by atoms with van der Waals surface area (Å²) < 4.78 is 0. The van der Waals surface area contributed by atoms with Gasteiger partial charge in [0.25, 0.3) is 0 Å². The normalized spacial score (nSPS) is 26.7. The summed E-state index contributed by atoms with van der Waals surface area (Å²) in [5, 5.41) is 0. The van der Waals surface area contributed by atoms with E-state index < -0.39 is 0 Å². The van der Waals surface area contributed by atoms with Crippen molar-refractivity contribution in [2.45, 2.75) is 71.0 Å². The number of nitrogens with zero attached hydrogens (tertiary/aromatic N) is 1. The van der Waals surface area contributed by atoms with E-state index in [9.17, 15) is 0 Å². The molecule has 1 aliphatic carbocycles. The van der Waals surface area contributed by atoms with Crippen molar-refractivity contribution in [2.24, 2.45) is 11.7 Å². The number of likely N-dealkylation sites (N-methyl/N-ethyl adjacent to an activating group) is 1. The quantitative estimate of drug-likeness (QED) is 0.875. The van der Waals surface area contributed by atoms with Crippen LogP contribution in [0.25, 0.3) is 0 Å². The second-order valence-corrected chi connectivity index (χ2v) is 7.82. The van der Waals surface area contributed by atoms with Crippen LogP contribution in [0.15, 0.2) is 12.1 Å². The molecule has 2 unspecified atom stereocenters. The lowest BCUT2D eigenvalue weighted by atomic mass is 9.83. The average molecular weight is 295 g/mol. The van der Waals surface area contributed by atoms with E-state index in [4.69, 9.17) is 5.73 Å². The van der Waals surface area contributed by atoms with Crippen molar-refractivity contribution >= 4 is 11.3 Å². The van der Waals surface area contributed by atoms with Gasteiger partial charge in [0.1, 0.15) is 0 Å². The van der Waals surface area contributed by atoms with Crippen molar-refractivity contribution in [3.63, 3.8) is 0 Å². The van der Waals surface area contributed by atoms with E-state index in [0.717, 1.165) is 5.92 Å². The number of aryl methyl sites for hydroxylation is 1. The molecule has 1 saturated carbocycles. The molecule has 0 amide bonds. The molecule has 2 nitrogen and oxygen atoms in total. The molecule has 1 heterocycles. The first-order chi connectivity index (χ1) is 9.52. The molecule has 114 valence electrons. The predicted octanol–water partition coefficient (Wildman–Crippen LogP) is 4.35. The molecule has 0 aromatic carbocycles. The number of nitrogens with two attached hydrogens (primary N) is 1. The highest BCUT2D eigenvalue weighted by Gasteiger charge is 2.30. The number of hydrogen-bond acceptors (Lipinski definition) is 3. The molecule has 0 radical (unpaired) electrons. The molecule has 1 aromatic heterocycles. The Bertz CT molecular complexity index is 405. The first-order valence-corrected chi connectivity index (χ1v) is 8.88. The van der Waals surface area contributed by atoms with E-state index in [1.807, 2.05) is 11.3 Å². The van der Waals surface area contributed by atoms with Gasteiger partial charge in [0.2, 0.25) is 0 Å². The Balaban J connectivity index is 2.06. The summed E-state index contributed by atoms with van der Waals surface area (Å²) in [4.78, 5) is 5.37. The second-order valence-electron chi connectivity index (χ2n) is 6.50. The third kappa shape index (κ3) is 3.63. The summed E-state index contributed by atoms with van der Waals surface area (Å²) in [5.74, 6) is 0.956. The molecule has 1 aliphatic rings. The van der Waals surface area contributed by atoms with Crippen molar-refractivity contribution in [2.75, 3.05) is 7.05 Å². The van der Waals surface area contributed by atoms with Crippen molar-refractivity contribution in [3.8, 4) is 0 Å². The summed E-state index contributed by atoms with van der Waals surface area (Å²) in [7, 11) is 2.28. The lowest BCUT2D eigenvalue weighted by molar-refractivity contribution is 0.109. The highest BCUT2D eigenvalue weighted by molar-refractivity contribution is 7.12. The van der Waals surface area contributed by atoms with E-state index in [1.165, 1.54) is 41.9 Å². The molecular formula is C17H30N2S. The minimum Gasteiger partial charge on any atom is -0.326 e. The van der Waals surface area contributed by atoms with E-state index in [0.29, 0.717) is 12.1 Å². The van der Waals surface area contributed by atoms with Gasteiger partial charge in [-0.1, -0.05) is 13.3 Å². The van der Waals surface area contributed by atoms with Crippen molar-refractivity contribution in [1.82, 2.24) is 4.90 Å². The molecule has 2 rings (SSSR count).